The summed E-state index contributed by atoms with van der Waals surface area (Å²) >= 11 is 5.76. The minimum atomic E-state index is -4.69. The molecule has 0 bridgehead atoms. The van der Waals surface area contributed by atoms with E-state index in [9.17, 15) is 13.2 Å². The largest absolute Gasteiger partial charge is 0.573 e. The first-order valence-corrected chi connectivity index (χ1v) is 5.84. The predicted octanol–water partition coefficient (Wildman–Crippen LogP) is 3.73. The molecular formula is C12H15ClF3NO. The smallest absolute Gasteiger partial charge is 0.406 e. The maximum absolute atomic E-state index is 12.1. The Morgan fingerprint density at radius 3 is 2.44 bits per heavy atom. The molecule has 0 amide bonds. The number of nitrogens with zero attached hydrogens (tertiary/aromatic N) is 1. The molecule has 0 radical (unpaired) electrons. The second-order valence-electron chi connectivity index (χ2n) is 4.25. The second kappa shape index (κ2) is 6.29. The summed E-state index contributed by atoms with van der Waals surface area (Å²) in [5.41, 5.74) is 0.739. The van der Waals surface area contributed by atoms with Crippen LogP contribution in [0.1, 0.15) is 12.0 Å². The van der Waals surface area contributed by atoms with Crippen molar-refractivity contribution in [2.75, 3.05) is 20.6 Å². The van der Waals surface area contributed by atoms with Crippen LogP contribution in [0, 0.1) is 0 Å². The third-order valence-corrected chi connectivity index (χ3v) is 2.45. The number of ether oxygens (including phenoxy) is 1. The molecule has 0 unspecified atom stereocenters. The quantitative estimate of drug-likeness (QED) is 0.815. The van der Waals surface area contributed by atoms with Crippen LogP contribution in [-0.2, 0) is 6.42 Å². The Hall–Kier alpha value is -0.940. The van der Waals surface area contributed by atoms with Gasteiger partial charge in [-0.25, -0.2) is 0 Å². The molecule has 0 aliphatic heterocycles. The van der Waals surface area contributed by atoms with Crippen LogP contribution in [0.25, 0.3) is 0 Å². The van der Waals surface area contributed by atoms with E-state index >= 15 is 0 Å². The molecule has 2 nitrogen and oxygen atoms in total. The Bertz CT molecular complexity index is 393. The van der Waals surface area contributed by atoms with Crippen molar-refractivity contribution < 1.29 is 17.9 Å². The third kappa shape index (κ3) is 6.12. The van der Waals surface area contributed by atoms with E-state index in [4.69, 9.17) is 11.6 Å². The van der Waals surface area contributed by atoms with Crippen molar-refractivity contribution in [3.05, 3.63) is 28.8 Å². The molecule has 0 aromatic heterocycles. The number of halogens is 4. The van der Waals surface area contributed by atoms with Crippen LogP contribution in [0.4, 0.5) is 13.2 Å². The fourth-order valence-electron chi connectivity index (χ4n) is 1.56. The number of aryl methyl sites for hydroxylation is 1. The Kier molecular flexibility index (Phi) is 5.28. The molecule has 0 aliphatic carbocycles. The summed E-state index contributed by atoms with van der Waals surface area (Å²) in [6.07, 6.45) is -3.18. The van der Waals surface area contributed by atoms with Crippen LogP contribution in [0.15, 0.2) is 18.2 Å². The molecule has 1 rings (SSSR count). The highest BCUT2D eigenvalue weighted by molar-refractivity contribution is 6.30. The highest BCUT2D eigenvalue weighted by Gasteiger charge is 2.31. The van der Waals surface area contributed by atoms with E-state index in [2.05, 4.69) is 4.74 Å². The summed E-state index contributed by atoms with van der Waals surface area (Å²) in [4.78, 5) is 2.01. The summed E-state index contributed by atoms with van der Waals surface area (Å²) in [6.45, 7) is 0.863. The van der Waals surface area contributed by atoms with Crippen molar-refractivity contribution >= 4 is 11.6 Å². The lowest BCUT2D eigenvalue weighted by Crippen LogP contribution is -2.17. The molecule has 0 heterocycles. The topological polar surface area (TPSA) is 12.5 Å². The van der Waals surface area contributed by atoms with E-state index in [-0.39, 0.29) is 10.8 Å². The van der Waals surface area contributed by atoms with E-state index in [1.807, 2.05) is 19.0 Å². The Labute approximate surface area is 109 Å². The monoisotopic (exact) mass is 281 g/mol. The number of benzene rings is 1. The first kappa shape index (κ1) is 15.1. The fourth-order valence-corrected chi connectivity index (χ4v) is 1.80. The second-order valence-corrected chi connectivity index (χ2v) is 4.69. The molecule has 0 fully saturated rings. The summed E-state index contributed by atoms with van der Waals surface area (Å²) in [6, 6.07) is 4.18. The molecule has 0 aliphatic rings. The van der Waals surface area contributed by atoms with Gasteiger partial charge in [0.05, 0.1) is 0 Å². The molecule has 1 aromatic rings. The van der Waals surface area contributed by atoms with Gasteiger partial charge in [-0.1, -0.05) is 11.6 Å². The molecule has 18 heavy (non-hydrogen) atoms. The van der Waals surface area contributed by atoms with Crippen LogP contribution >= 0.6 is 11.6 Å². The van der Waals surface area contributed by atoms with E-state index in [1.54, 1.807) is 6.07 Å². The summed E-state index contributed by atoms with van der Waals surface area (Å²) < 4.78 is 40.1. The minimum Gasteiger partial charge on any atom is -0.406 e. The van der Waals surface area contributed by atoms with E-state index in [0.717, 1.165) is 24.6 Å². The van der Waals surface area contributed by atoms with Crippen molar-refractivity contribution in [3.63, 3.8) is 0 Å². The average molecular weight is 282 g/mol. The van der Waals surface area contributed by atoms with E-state index < -0.39 is 6.36 Å². The molecule has 0 saturated carbocycles. The van der Waals surface area contributed by atoms with E-state index in [0.29, 0.717) is 6.42 Å². The lowest BCUT2D eigenvalue weighted by Gasteiger charge is -2.12. The molecule has 0 spiro atoms. The Morgan fingerprint density at radius 2 is 1.89 bits per heavy atom. The van der Waals surface area contributed by atoms with Gasteiger partial charge in [0, 0.05) is 5.02 Å². The normalized spacial score (nSPS) is 11.9. The minimum absolute atomic E-state index is 0.247. The summed E-state index contributed by atoms with van der Waals surface area (Å²) in [5, 5.41) is 0.247. The average Bonchev–Trinajstić information content (AvgIpc) is 2.12. The van der Waals surface area contributed by atoms with Gasteiger partial charge in [-0.2, -0.15) is 0 Å². The van der Waals surface area contributed by atoms with Gasteiger partial charge in [0.2, 0.25) is 0 Å². The van der Waals surface area contributed by atoms with Gasteiger partial charge in [-0.15, -0.1) is 13.2 Å². The maximum Gasteiger partial charge on any atom is 0.573 e. The lowest BCUT2D eigenvalue weighted by atomic mass is 10.1. The highest BCUT2D eigenvalue weighted by Crippen LogP contribution is 2.27. The molecule has 6 heteroatoms. The van der Waals surface area contributed by atoms with Crippen LogP contribution in [-0.4, -0.2) is 31.9 Å². The molecule has 0 atom stereocenters. The van der Waals surface area contributed by atoms with Crippen molar-refractivity contribution in [1.29, 1.82) is 0 Å². The summed E-state index contributed by atoms with van der Waals surface area (Å²) in [7, 11) is 3.88. The maximum atomic E-state index is 12.1. The zero-order valence-electron chi connectivity index (χ0n) is 10.2. The van der Waals surface area contributed by atoms with Crippen molar-refractivity contribution in [2.45, 2.75) is 19.2 Å². The zero-order chi connectivity index (χ0) is 13.8. The first-order valence-electron chi connectivity index (χ1n) is 5.46. The van der Waals surface area contributed by atoms with Crippen LogP contribution in [0.5, 0.6) is 5.75 Å². The number of hydrogen-bond acceptors (Lipinski definition) is 2. The van der Waals surface area contributed by atoms with Crippen LogP contribution < -0.4 is 4.74 Å². The fraction of sp³-hybridized carbons (Fsp3) is 0.500. The third-order valence-electron chi connectivity index (χ3n) is 2.24. The Balaban J connectivity index is 2.69. The number of rotatable bonds is 5. The summed E-state index contributed by atoms with van der Waals surface area (Å²) in [5.74, 6) is -0.269. The molecule has 1 aromatic carbocycles. The van der Waals surface area contributed by atoms with Crippen LogP contribution in [0.3, 0.4) is 0 Å². The van der Waals surface area contributed by atoms with Crippen molar-refractivity contribution in [1.82, 2.24) is 4.90 Å². The van der Waals surface area contributed by atoms with Gasteiger partial charge in [-0.3, -0.25) is 0 Å². The molecule has 102 valence electrons. The van der Waals surface area contributed by atoms with Gasteiger partial charge in [0.25, 0.3) is 0 Å². The van der Waals surface area contributed by atoms with Gasteiger partial charge >= 0.3 is 6.36 Å². The molecule has 0 saturated heterocycles. The first-order chi connectivity index (χ1) is 8.26. The predicted molar refractivity (Wildman–Crippen MR) is 65.0 cm³/mol. The van der Waals surface area contributed by atoms with Gasteiger partial charge in [-0.05, 0) is 57.2 Å². The number of hydrogen-bond donors (Lipinski definition) is 0. The standard InChI is InChI=1S/C12H15ClF3NO/c1-17(2)5-3-4-9-6-10(13)8-11(7-9)18-12(14,15)16/h6-8H,3-5H2,1-2H3. The van der Waals surface area contributed by atoms with Crippen molar-refractivity contribution in [3.8, 4) is 5.75 Å². The molecule has 0 N–H and O–H groups in total. The number of alkyl halides is 3. The van der Waals surface area contributed by atoms with E-state index in [1.165, 1.54) is 6.07 Å². The van der Waals surface area contributed by atoms with Gasteiger partial charge in [0.1, 0.15) is 5.75 Å². The Morgan fingerprint density at radius 1 is 1.22 bits per heavy atom. The van der Waals surface area contributed by atoms with Crippen molar-refractivity contribution in [2.24, 2.45) is 0 Å². The lowest BCUT2D eigenvalue weighted by molar-refractivity contribution is -0.274. The highest BCUT2D eigenvalue weighted by atomic mass is 35.5. The zero-order valence-corrected chi connectivity index (χ0v) is 11.0. The SMILES string of the molecule is CN(C)CCCc1cc(Cl)cc(OC(F)(F)F)c1. The van der Waals surface area contributed by atoms with Gasteiger partial charge in [0.15, 0.2) is 0 Å². The van der Waals surface area contributed by atoms with Gasteiger partial charge < -0.3 is 9.64 Å². The van der Waals surface area contributed by atoms with Crippen LogP contribution in [0.2, 0.25) is 5.02 Å². The molecular weight excluding hydrogens is 267 g/mol.